The number of hydrogen-bond donors (Lipinski definition) is 1. The van der Waals surface area contributed by atoms with Gasteiger partial charge in [-0.3, -0.25) is 4.79 Å². The molecule has 1 unspecified atom stereocenters. The molecule has 1 aromatic carbocycles. The van der Waals surface area contributed by atoms with Crippen molar-refractivity contribution in [3.8, 4) is 6.07 Å². The van der Waals surface area contributed by atoms with Gasteiger partial charge in [0.05, 0.1) is 30.1 Å². The average Bonchev–Trinajstić information content (AvgIpc) is 2.77. The highest BCUT2D eigenvalue weighted by molar-refractivity contribution is 5.81. The van der Waals surface area contributed by atoms with Crippen molar-refractivity contribution in [2.75, 3.05) is 13.7 Å². The molecule has 0 aliphatic heterocycles. The van der Waals surface area contributed by atoms with E-state index in [1.165, 1.54) is 0 Å². The van der Waals surface area contributed by atoms with E-state index in [4.69, 9.17) is 10.00 Å². The number of nitrogens with one attached hydrogen (secondary N) is 1. The highest BCUT2D eigenvalue weighted by Gasteiger charge is 2.14. The lowest BCUT2D eigenvalue weighted by molar-refractivity contribution is -0.122. The van der Waals surface area contributed by atoms with Gasteiger partial charge >= 0.3 is 0 Å². The van der Waals surface area contributed by atoms with Gasteiger partial charge in [-0.2, -0.15) is 5.26 Å². The van der Waals surface area contributed by atoms with Crippen LogP contribution in [0.4, 0.5) is 0 Å². The van der Waals surface area contributed by atoms with Crippen LogP contribution in [-0.2, 0) is 22.5 Å². The summed E-state index contributed by atoms with van der Waals surface area (Å²) in [5, 5.41) is 11.8. The predicted octanol–water partition coefficient (Wildman–Crippen LogP) is 1.25. The summed E-state index contributed by atoms with van der Waals surface area (Å²) in [4.78, 5) is 16.5. The van der Waals surface area contributed by atoms with Gasteiger partial charge in [0.1, 0.15) is 12.4 Å². The largest absolute Gasteiger partial charge is 0.383 e. The molecule has 2 aromatic rings. The highest BCUT2D eigenvalue weighted by Crippen LogP contribution is 2.16. The summed E-state index contributed by atoms with van der Waals surface area (Å²) in [6.07, 6.45) is 0.176. The summed E-state index contributed by atoms with van der Waals surface area (Å²) in [5.74, 6) is 0.482. The first-order valence-corrected chi connectivity index (χ1v) is 6.75. The maximum Gasteiger partial charge on any atom is 0.240 e. The Bertz CT molecular complexity index is 672. The van der Waals surface area contributed by atoms with Crippen LogP contribution in [0.25, 0.3) is 11.0 Å². The first kappa shape index (κ1) is 15.0. The predicted molar refractivity (Wildman–Crippen MR) is 78.5 cm³/mol. The van der Waals surface area contributed by atoms with Gasteiger partial charge in [0.2, 0.25) is 5.91 Å². The fourth-order valence-corrected chi connectivity index (χ4v) is 2.26. The van der Waals surface area contributed by atoms with E-state index in [1.807, 2.05) is 31.2 Å². The lowest BCUT2D eigenvalue weighted by atomic mass is 10.3. The molecule has 1 aromatic heterocycles. The number of methoxy groups -OCH3 is 1. The van der Waals surface area contributed by atoms with E-state index in [0.29, 0.717) is 12.4 Å². The molecule has 1 atom stereocenters. The van der Waals surface area contributed by atoms with Crippen LogP contribution in [0.5, 0.6) is 0 Å². The zero-order valence-corrected chi connectivity index (χ0v) is 12.2. The number of aromatic nitrogens is 2. The minimum Gasteiger partial charge on any atom is -0.383 e. The number of para-hydroxylation sites is 2. The SMILES string of the molecule is COCC(C)NC(=O)Cn1c(CC#N)nc2ccccc21. The number of carbonyl (C=O) groups is 1. The van der Waals surface area contributed by atoms with Crippen LogP contribution in [0, 0.1) is 11.3 Å². The molecule has 0 spiro atoms. The van der Waals surface area contributed by atoms with Gasteiger partial charge in [0.15, 0.2) is 0 Å². The topological polar surface area (TPSA) is 79.9 Å². The summed E-state index contributed by atoms with van der Waals surface area (Å²) in [6, 6.07) is 9.57. The smallest absolute Gasteiger partial charge is 0.240 e. The third-order valence-corrected chi connectivity index (χ3v) is 3.10. The van der Waals surface area contributed by atoms with Crippen molar-refractivity contribution in [3.05, 3.63) is 30.1 Å². The summed E-state index contributed by atoms with van der Waals surface area (Å²) >= 11 is 0. The lowest BCUT2D eigenvalue weighted by Gasteiger charge is -2.14. The Kier molecular flexibility index (Phi) is 4.90. The van der Waals surface area contributed by atoms with Gasteiger partial charge in [-0.05, 0) is 19.1 Å². The molecule has 6 nitrogen and oxygen atoms in total. The van der Waals surface area contributed by atoms with Gasteiger partial charge in [-0.15, -0.1) is 0 Å². The summed E-state index contributed by atoms with van der Waals surface area (Å²) < 4.78 is 6.78. The van der Waals surface area contributed by atoms with E-state index >= 15 is 0 Å². The van der Waals surface area contributed by atoms with E-state index in [0.717, 1.165) is 11.0 Å². The van der Waals surface area contributed by atoms with Crippen molar-refractivity contribution < 1.29 is 9.53 Å². The fourth-order valence-electron chi connectivity index (χ4n) is 2.26. The monoisotopic (exact) mass is 286 g/mol. The standard InChI is InChI=1S/C15H18N4O2/c1-11(10-21-2)17-15(20)9-19-13-6-4-3-5-12(13)18-14(19)7-8-16/h3-6,11H,7,9-10H2,1-2H3,(H,17,20). The van der Waals surface area contributed by atoms with E-state index in [-0.39, 0.29) is 24.9 Å². The van der Waals surface area contributed by atoms with Crippen LogP contribution in [0.15, 0.2) is 24.3 Å². The lowest BCUT2D eigenvalue weighted by Crippen LogP contribution is -2.37. The number of rotatable bonds is 6. The fraction of sp³-hybridized carbons (Fsp3) is 0.400. The van der Waals surface area contributed by atoms with Crippen molar-refractivity contribution in [2.24, 2.45) is 0 Å². The number of benzene rings is 1. The van der Waals surface area contributed by atoms with Crippen molar-refractivity contribution in [3.63, 3.8) is 0 Å². The number of ether oxygens (including phenoxy) is 1. The molecule has 0 saturated carbocycles. The summed E-state index contributed by atoms with van der Waals surface area (Å²) in [6.45, 7) is 2.48. The van der Waals surface area contributed by atoms with Crippen LogP contribution >= 0.6 is 0 Å². The average molecular weight is 286 g/mol. The zero-order chi connectivity index (χ0) is 15.2. The molecule has 6 heteroatoms. The maximum atomic E-state index is 12.1. The minimum atomic E-state index is -0.123. The first-order valence-electron chi connectivity index (χ1n) is 6.75. The molecular weight excluding hydrogens is 268 g/mol. The molecule has 0 saturated heterocycles. The molecule has 1 N–H and O–H groups in total. The number of imidazole rings is 1. The molecule has 110 valence electrons. The van der Waals surface area contributed by atoms with Gasteiger partial charge in [0, 0.05) is 13.2 Å². The van der Waals surface area contributed by atoms with Gasteiger partial charge in [0.25, 0.3) is 0 Å². The van der Waals surface area contributed by atoms with Crippen LogP contribution in [0.2, 0.25) is 0 Å². The molecular formula is C15H18N4O2. The second-order valence-electron chi connectivity index (χ2n) is 4.86. The Balaban J connectivity index is 2.22. The van der Waals surface area contributed by atoms with Crippen molar-refractivity contribution in [2.45, 2.75) is 25.9 Å². The molecule has 21 heavy (non-hydrogen) atoms. The number of nitrogens with zero attached hydrogens (tertiary/aromatic N) is 3. The Hall–Kier alpha value is -2.39. The number of hydrogen-bond acceptors (Lipinski definition) is 4. The summed E-state index contributed by atoms with van der Waals surface area (Å²) in [7, 11) is 1.59. The number of nitriles is 1. The molecule has 2 rings (SSSR count). The first-order chi connectivity index (χ1) is 10.2. The molecule has 0 fully saturated rings. The Morgan fingerprint density at radius 3 is 3.00 bits per heavy atom. The second-order valence-corrected chi connectivity index (χ2v) is 4.86. The van der Waals surface area contributed by atoms with Crippen molar-refractivity contribution >= 4 is 16.9 Å². The third-order valence-electron chi connectivity index (χ3n) is 3.10. The van der Waals surface area contributed by atoms with E-state index < -0.39 is 0 Å². The van der Waals surface area contributed by atoms with E-state index in [1.54, 1.807) is 11.7 Å². The summed E-state index contributed by atoms with van der Waals surface area (Å²) in [5.41, 5.74) is 1.65. The highest BCUT2D eigenvalue weighted by atomic mass is 16.5. The molecule has 0 bridgehead atoms. The molecule has 0 radical (unpaired) electrons. The Morgan fingerprint density at radius 2 is 2.29 bits per heavy atom. The van der Waals surface area contributed by atoms with E-state index in [9.17, 15) is 4.79 Å². The van der Waals surface area contributed by atoms with Crippen LogP contribution in [-0.4, -0.2) is 35.2 Å². The molecule has 1 amide bonds. The molecule has 0 aliphatic carbocycles. The zero-order valence-electron chi connectivity index (χ0n) is 12.2. The molecule has 1 heterocycles. The maximum absolute atomic E-state index is 12.1. The van der Waals surface area contributed by atoms with Gasteiger partial charge < -0.3 is 14.6 Å². The van der Waals surface area contributed by atoms with Gasteiger partial charge in [-0.1, -0.05) is 12.1 Å². The van der Waals surface area contributed by atoms with Crippen LogP contribution < -0.4 is 5.32 Å². The number of carbonyl (C=O) groups excluding carboxylic acids is 1. The van der Waals surface area contributed by atoms with Crippen LogP contribution in [0.3, 0.4) is 0 Å². The minimum absolute atomic E-state index is 0.0586. The number of amides is 1. The normalized spacial score (nSPS) is 12.0. The Labute approximate surface area is 123 Å². The van der Waals surface area contributed by atoms with Crippen molar-refractivity contribution in [1.29, 1.82) is 5.26 Å². The second kappa shape index (κ2) is 6.86. The quantitative estimate of drug-likeness (QED) is 0.866. The molecule has 0 aliphatic rings. The van der Waals surface area contributed by atoms with Gasteiger partial charge in [-0.25, -0.2) is 4.98 Å². The third kappa shape index (κ3) is 3.58. The van der Waals surface area contributed by atoms with E-state index in [2.05, 4.69) is 16.4 Å². The Morgan fingerprint density at radius 1 is 1.52 bits per heavy atom. The number of fused-ring (bicyclic) bond motifs is 1. The van der Waals surface area contributed by atoms with Crippen LogP contribution in [0.1, 0.15) is 12.7 Å². The van der Waals surface area contributed by atoms with Crippen molar-refractivity contribution in [1.82, 2.24) is 14.9 Å².